The van der Waals surface area contributed by atoms with Gasteiger partial charge in [-0.3, -0.25) is 4.79 Å². The monoisotopic (exact) mass is 346 g/mol. The first-order chi connectivity index (χ1) is 11.0. The van der Waals surface area contributed by atoms with Crippen LogP contribution < -0.4 is 5.32 Å². The molecule has 0 aromatic rings. The van der Waals surface area contributed by atoms with Crippen LogP contribution in [0.15, 0.2) is 0 Å². The van der Waals surface area contributed by atoms with E-state index in [1.807, 2.05) is 0 Å². The molecule has 7 heteroatoms. The lowest BCUT2D eigenvalue weighted by atomic mass is 10.1. The highest BCUT2D eigenvalue weighted by molar-refractivity contribution is 7.88. The van der Waals surface area contributed by atoms with Gasteiger partial charge in [-0.15, -0.1) is 0 Å². The third kappa shape index (κ3) is 6.39. The first kappa shape index (κ1) is 18.7. The minimum Gasteiger partial charge on any atom is -0.376 e. The SMILES string of the molecule is CS(=O)(=O)N(CCC(=O)NCC1CCCO1)C1CCCCCC1. The average Bonchev–Trinajstić information content (AvgIpc) is 2.87. The number of hydrogen-bond acceptors (Lipinski definition) is 4. The second kappa shape index (κ2) is 8.99. The first-order valence-corrected chi connectivity index (χ1v) is 10.7. The third-order valence-electron chi connectivity index (χ3n) is 4.77. The zero-order chi connectivity index (χ0) is 16.7. The van der Waals surface area contributed by atoms with Crippen LogP contribution >= 0.6 is 0 Å². The number of rotatable bonds is 7. The van der Waals surface area contributed by atoms with E-state index in [4.69, 9.17) is 4.74 Å². The van der Waals surface area contributed by atoms with Gasteiger partial charge in [0.1, 0.15) is 0 Å². The van der Waals surface area contributed by atoms with Gasteiger partial charge in [0.15, 0.2) is 0 Å². The van der Waals surface area contributed by atoms with E-state index in [9.17, 15) is 13.2 Å². The maximum atomic E-state index is 12.1. The molecule has 1 aliphatic heterocycles. The van der Waals surface area contributed by atoms with Crippen molar-refractivity contribution in [2.24, 2.45) is 0 Å². The molecule has 134 valence electrons. The predicted octanol–water partition coefficient (Wildman–Crippen LogP) is 1.66. The van der Waals surface area contributed by atoms with Crippen LogP contribution in [0.5, 0.6) is 0 Å². The molecule has 1 heterocycles. The standard InChI is InChI=1S/C16H30N2O4S/c1-23(20,21)18(14-7-4-2-3-5-8-14)11-10-16(19)17-13-15-9-6-12-22-15/h14-15H,2-13H2,1H3,(H,17,19). The number of nitrogens with one attached hydrogen (secondary N) is 1. The normalized spacial score (nSPS) is 23.8. The Morgan fingerprint density at radius 3 is 2.39 bits per heavy atom. The summed E-state index contributed by atoms with van der Waals surface area (Å²) >= 11 is 0. The lowest BCUT2D eigenvalue weighted by molar-refractivity contribution is -0.121. The van der Waals surface area contributed by atoms with Crippen molar-refractivity contribution in [1.29, 1.82) is 0 Å². The summed E-state index contributed by atoms with van der Waals surface area (Å²) in [5.41, 5.74) is 0. The lowest BCUT2D eigenvalue weighted by Crippen LogP contribution is -2.42. The molecule has 23 heavy (non-hydrogen) atoms. The van der Waals surface area contributed by atoms with Crippen LogP contribution in [-0.4, -0.2) is 56.7 Å². The molecule has 2 fully saturated rings. The van der Waals surface area contributed by atoms with Crippen LogP contribution in [0.3, 0.4) is 0 Å². The van der Waals surface area contributed by atoms with Crippen molar-refractivity contribution in [1.82, 2.24) is 9.62 Å². The Kier molecular flexibility index (Phi) is 7.30. The minimum atomic E-state index is -3.28. The Balaban J connectivity index is 1.81. The van der Waals surface area contributed by atoms with Crippen molar-refractivity contribution in [3.63, 3.8) is 0 Å². The van der Waals surface area contributed by atoms with Crippen LogP contribution in [0.1, 0.15) is 57.8 Å². The largest absolute Gasteiger partial charge is 0.376 e. The fraction of sp³-hybridized carbons (Fsp3) is 0.938. The third-order valence-corrected chi connectivity index (χ3v) is 6.10. The Labute approximate surface area is 140 Å². The predicted molar refractivity (Wildman–Crippen MR) is 89.6 cm³/mol. The Morgan fingerprint density at radius 2 is 1.83 bits per heavy atom. The van der Waals surface area contributed by atoms with Crippen molar-refractivity contribution in [3.8, 4) is 0 Å². The van der Waals surface area contributed by atoms with Crippen molar-refractivity contribution < 1.29 is 17.9 Å². The summed E-state index contributed by atoms with van der Waals surface area (Å²) in [5.74, 6) is -0.0947. The van der Waals surface area contributed by atoms with E-state index < -0.39 is 10.0 Å². The molecular weight excluding hydrogens is 316 g/mol. The van der Waals surface area contributed by atoms with Crippen LogP contribution in [0.25, 0.3) is 0 Å². The van der Waals surface area contributed by atoms with E-state index in [1.165, 1.54) is 19.1 Å². The molecule has 2 aliphatic rings. The Morgan fingerprint density at radius 1 is 1.13 bits per heavy atom. The van der Waals surface area contributed by atoms with E-state index in [-0.39, 0.29) is 31.0 Å². The van der Waals surface area contributed by atoms with Gasteiger partial charge in [0, 0.05) is 32.2 Å². The maximum Gasteiger partial charge on any atom is 0.221 e. The summed E-state index contributed by atoms with van der Waals surface area (Å²) in [4.78, 5) is 12.0. The number of carbonyl (C=O) groups is 1. The zero-order valence-corrected chi connectivity index (χ0v) is 14.9. The van der Waals surface area contributed by atoms with Crippen molar-refractivity contribution >= 4 is 15.9 Å². The van der Waals surface area contributed by atoms with Gasteiger partial charge < -0.3 is 10.1 Å². The molecule has 1 saturated carbocycles. The highest BCUT2D eigenvalue weighted by atomic mass is 32.2. The van der Waals surface area contributed by atoms with Crippen molar-refractivity contribution in [2.45, 2.75) is 69.9 Å². The molecule has 1 atom stereocenters. The zero-order valence-electron chi connectivity index (χ0n) is 14.1. The molecule has 1 aliphatic carbocycles. The molecule has 2 rings (SSSR count). The molecule has 0 aromatic carbocycles. The fourth-order valence-electron chi connectivity index (χ4n) is 3.50. The first-order valence-electron chi connectivity index (χ1n) is 8.82. The van der Waals surface area contributed by atoms with E-state index in [2.05, 4.69) is 5.32 Å². The number of nitrogens with zero attached hydrogens (tertiary/aromatic N) is 1. The fourth-order valence-corrected chi connectivity index (χ4v) is 4.67. The number of ether oxygens (including phenoxy) is 1. The molecule has 0 radical (unpaired) electrons. The van der Waals surface area contributed by atoms with E-state index in [0.29, 0.717) is 6.54 Å². The Bertz CT molecular complexity index is 466. The van der Waals surface area contributed by atoms with Crippen LogP contribution in [0.4, 0.5) is 0 Å². The number of amides is 1. The van der Waals surface area contributed by atoms with Gasteiger partial charge in [0.2, 0.25) is 15.9 Å². The molecule has 1 saturated heterocycles. The van der Waals surface area contributed by atoms with Gasteiger partial charge in [0.25, 0.3) is 0 Å². The highest BCUT2D eigenvalue weighted by Crippen LogP contribution is 2.23. The summed E-state index contributed by atoms with van der Waals surface area (Å²) in [5, 5.41) is 2.86. The topological polar surface area (TPSA) is 75.7 Å². The van der Waals surface area contributed by atoms with Crippen LogP contribution in [-0.2, 0) is 19.6 Å². The second-order valence-electron chi connectivity index (χ2n) is 6.71. The summed E-state index contributed by atoms with van der Waals surface area (Å²) in [6.07, 6.45) is 9.93. The second-order valence-corrected chi connectivity index (χ2v) is 8.64. The lowest BCUT2D eigenvalue weighted by Gasteiger charge is -2.28. The number of carbonyl (C=O) groups excluding carboxylic acids is 1. The van der Waals surface area contributed by atoms with Crippen LogP contribution in [0, 0.1) is 0 Å². The molecule has 1 amide bonds. The van der Waals surface area contributed by atoms with Gasteiger partial charge >= 0.3 is 0 Å². The molecule has 0 bridgehead atoms. The molecule has 0 aromatic heterocycles. The Hall–Kier alpha value is -0.660. The maximum absolute atomic E-state index is 12.1. The highest BCUT2D eigenvalue weighted by Gasteiger charge is 2.27. The summed E-state index contributed by atoms with van der Waals surface area (Å²) in [6, 6.07) is 0.0541. The van der Waals surface area contributed by atoms with Crippen molar-refractivity contribution in [3.05, 3.63) is 0 Å². The molecular formula is C16H30N2O4S. The van der Waals surface area contributed by atoms with Gasteiger partial charge in [-0.2, -0.15) is 4.31 Å². The summed E-state index contributed by atoms with van der Waals surface area (Å²) in [6.45, 7) is 1.58. The molecule has 1 unspecified atom stereocenters. The van der Waals surface area contributed by atoms with Gasteiger partial charge in [0.05, 0.1) is 12.4 Å². The quantitative estimate of drug-likeness (QED) is 0.711. The smallest absolute Gasteiger partial charge is 0.221 e. The van der Waals surface area contributed by atoms with Gasteiger partial charge in [-0.05, 0) is 25.7 Å². The van der Waals surface area contributed by atoms with Gasteiger partial charge in [-0.1, -0.05) is 25.7 Å². The van der Waals surface area contributed by atoms with E-state index >= 15 is 0 Å². The van der Waals surface area contributed by atoms with E-state index in [0.717, 1.165) is 45.1 Å². The minimum absolute atomic E-state index is 0.0541. The molecule has 0 spiro atoms. The molecule has 1 N–H and O–H groups in total. The van der Waals surface area contributed by atoms with Gasteiger partial charge in [-0.25, -0.2) is 8.42 Å². The summed E-state index contributed by atoms with van der Waals surface area (Å²) < 4.78 is 31.2. The number of hydrogen-bond donors (Lipinski definition) is 1. The average molecular weight is 346 g/mol. The van der Waals surface area contributed by atoms with E-state index in [1.54, 1.807) is 4.31 Å². The molecule has 6 nitrogen and oxygen atoms in total. The van der Waals surface area contributed by atoms with Crippen molar-refractivity contribution in [2.75, 3.05) is 26.0 Å². The number of sulfonamides is 1. The van der Waals surface area contributed by atoms with Crippen LogP contribution in [0.2, 0.25) is 0 Å². The summed E-state index contributed by atoms with van der Waals surface area (Å²) in [7, 11) is -3.28.